The lowest BCUT2D eigenvalue weighted by molar-refractivity contribution is -0.117. The van der Waals surface area contributed by atoms with E-state index >= 15 is 0 Å². The number of aromatic amines is 1. The maximum absolute atomic E-state index is 12.6. The van der Waals surface area contributed by atoms with Gasteiger partial charge in [-0.3, -0.25) is 19.5 Å². The number of carbonyl (C=O) groups is 3. The number of benzene rings is 1. The van der Waals surface area contributed by atoms with Crippen molar-refractivity contribution in [2.45, 2.75) is 13.3 Å². The fourth-order valence-electron chi connectivity index (χ4n) is 2.61. The third kappa shape index (κ3) is 4.77. The predicted molar refractivity (Wildman–Crippen MR) is 106 cm³/mol. The molecule has 3 rings (SSSR count). The van der Waals surface area contributed by atoms with Gasteiger partial charge in [0, 0.05) is 42.3 Å². The number of primary amides is 1. The number of nitrogens with one attached hydrogen (secondary N) is 4. The van der Waals surface area contributed by atoms with Crippen molar-refractivity contribution >= 4 is 34.9 Å². The van der Waals surface area contributed by atoms with Gasteiger partial charge in [0.2, 0.25) is 5.91 Å². The van der Waals surface area contributed by atoms with E-state index in [1.54, 1.807) is 31.2 Å². The van der Waals surface area contributed by atoms with Crippen LogP contribution in [-0.2, 0) is 4.79 Å². The van der Waals surface area contributed by atoms with Crippen molar-refractivity contribution in [3.8, 4) is 0 Å². The molecule has 3 aromatic rings. The lowest BCUT2D eigenvalue weighted by Gasteiger charge is -2.09. The lowest BCUT2D eigenvalue weighted by Crippen LogP contribution is -2.31. The molecule has 29 heavy (non-hydrogen) atoms. The molecule has 0 aliphatic rings. The van der Waals surface area contributed by atoms with E-state index in [2.05, 4.69) is 26.0 Å². The Labute approximate surface area is 164 Å². The molecule has 0 saturated heterocycles. The van der Waals surface area contributed by atoms with Crippen LogP contribution in [0.15, 0.2) is 41.3 Å². The number of nitrogens with two attached hydrogens (primary N) is 1. The second-order valence-electron chi connectivity index (χ2n) is 6.21. The second kappa shape index (κ2) is 8.25. The van der Waals surface area contributed by atoms with E-state index < -0.39 is 17.8 Å². The minimum absolute atomic E-state index is 0.0325. The van der Waals surface area contributed by atoms with Gasteiger partial charge in [0.15, 0.2) is 5.65 Å². The summed E-state index contributed by atoms with van der Waals surface area (Å²) < 4.78 is 1.18. The van der Waals surface area contributed by atoms with E-state index in [0.29, 0.717) is 17.1 Å². The van der Waals surface area contributed by atoms with Crippen LogP contribution in [-0.4, -0.2) is 39.0 Å². The van der Waals surface area contributed by atoms with Gasteiger partial charge in [0.1, 0.15) is 5.56 Å². The molecule has 6 N–H and O–H groups in total. The molecule has 0 unspecified atom stereocenters. The van der Waals surface area contributed by atoms with Gasteiger partial charge >= 0.3 is 6.03 Å². The van der Waals surface area contributed by atoms with Crippen LogP contribution >= 0.6 is 0 Å². The number of anilines is 2. The molecule has 11 nitrogen and oxygen atoms in total. The number of aryl methyl sites for hydroxylation is 1. The summed E-state index contributed by atoms with van der Waals surface area (Å²) >= 11 is 0. The summed E-state index contributed by atoms with van der Waals surface area (Å²) in [5.41, 5.74) is 6.47. The van der Waals surface area contributed by atoms with Crippen molar-refractivity contribution in [1.82, 2.24) is 19.9 Å². The summed E-state index contributed by atoms with van der Waals surface area (Å²) in [4.78, 5) is 51.3. The monoisotopic (exact) mass is 397 g/mol. The minimum atomic E-state index is -0.515. The molecule has 0 radical (unpaired) electrons. The van der Waals surface area contributed by atoms with Crippen LogP contribution < -0.4 is 27.2 Å². The fourth-order valence-corrected chi connectivity index (χ4v) is 2.61. The molecule has 0 atom stereocenters. The van der Waals surface area contributed by atoms with Crippen LogP contribution in [0.4, 0.5) is 16.2 Å². The average Bonchev–Trinajstić information content (AvgIpc) is 3.06. The molecule has 2 aromatic heterocycles. The summed E-state index contributed by atoms with van der Waals surface area (Å²) in [7, 11) is 0. The summed E-state index contributed by atoms with van der Waals surface area (Å²) in [6.07, 6.45) is 1.43. The summed E-state index contributed by atoms with van der Waals surface area (Å²) in [6, 6.07) is 7.34. The zero-order chi connectivity index (χ0) is 21.0. The Kier molecular flexibility index (Phi) is 5.58. The normalized spacial score (nSPS) is 10.5. The lowest BCUT2D eigenvalue weighted by atomic mass is 10.2. The largest absolute Gasteiger partial charge is 0.370 e. The molecule has 1 aromatic carbocycles. The van der Waals surface area contributed by atoms with Crippen LogP contribution in [0.5, 0.6) is 0 Å². The summed E-state index contributed by atoms with van der Waals surface area (Å²) in [5.74, 6) is -0.983. The van der Waals surface area contributed by atoms with Crippen LogP contribution in [0.25, 0.3) is 5.65 Å². The third-order valence-corrected chi connectivity index (χ3v) is 3.91. The molecular weight excluding hydrogens is 378 g/mol. The number of hydrogen-bond donors (Lipinski definition) is 5. The van der Waals surface area contributed by atoms with Crippen molar-refractivity contribution in [3.63, 3.8) is 0 Å². The Morgan fingerprint density at radius 1 is 1.17 bits per heavy atom. The predicted octanol–water partition coefficient (Wildman–Crippen LogP) is 0.580. The number of hydrogen-bond acceptors (Lipinski definition) is 5. The smallest absolute Gasteiger partial charge is 0.319 e. The second-order valence-corrected chi connectivity index (χ2v) is 6.21. The molecule has 0 bridgehead atoms. The highest BCUT2D eigenvalue weighted by atomic mass is 16.2. The molecule has 0 aliphatic carbocycles. The average molecular weight is 397 g/mol. The molecular formula is C18H19N7O4. The van der Waals surface area contributed by atoms with Crippen LogP contribution in [0, 0.1) is 6.92 Å². The number of fused-ring (bicyclic) bond motifs is 1. The molecule has 150 valence electrons. The highest BCUT2D eigenvalue weighted by Crippen LogP contribution is 2.17. The minimum Gasteiger partial charge on any atom is -0.370 e. The van der Waals surface area contributed by atoms with Gasteiger partial charge in [-0.2, -0.15) is 0 Å². The Bertz CT molecular complexity index is 1150. The van der Waals surface area contributed by atoms with Gasteiger partial charge in [-0.15, -0.1) is 0 Å². The number of rotatable bonds is 6. The zero-order valence-electron chi connectivity index (χ0n) is 15.5. The number of amides is 4. The van der Waals surface area contributed by atoms with E-state index in [1.807, 2.05) is 0 Å². The van der Waals surface area contributed by atoms with Crippen molar-refractivity contribution in [1.29, 1.82) is 0 Å². The summed E-state index contributed by atoms with van der Waals surface area (Å²) in [6.45, 7) is 1.78. The van der Waals surface area contributed by atoms with Gasteiger partial charge in [0.25, 0.3) is 11.5 Å². The van der Waals surface area contributed by atoms with E-state index in [0.717, 1.165) is 0 Å². The highest BCUT2D eigenvalue weighted by molar-refractivity contribution is 6.08. The molecule has 2 heterocycles. The Morgan fingerprint density at radius 3 is 2.62 bits per heavy atom. The standard InChI is InChI=1S/C18H19N7O4/c1-10-7-15(27)25-16(22-10)13(9-21-25)17(28)23-11-3-2-4-12(8-11)24-18(29)20-6-5-14(19)26/h2-4,7-9,21H,5-6H2,1H3,(H2,19,26)(H,23,28)(H2,20,24,29). The Hall–Kier alpha value is -4.15. The number of H-pyrrole nitrogens is 1. The molecule has 0 spiro atoms. The van der Waals surface area contributed by atoms with Gasteiger partial charge in [-0.1, -0.05) is 6.07 Å². The number of nitrogens with zero attached hydrogens (tertiary/aromatic N) is 2. The molecule has 11 heteroatoms. The first-order valence-corrected chi connectivity index (χ1v) is 8.66. The number of urea groups is 1. The van der Waals surface area contributed by atoms with Gasteiger partial charge in [-0.05, 0) is 25.1 Å². The first kappa shape index (κ1) is 19.6. The molecule has 0 fully saturated rings. The Balaban J connectivity index is 1.70. The topological polar surface area (TPSA) is 163 Å². The van der Waals surface area contributed by atoms with Gasteiger partial charge < -0.3 is 21.7 Å². The summed E-state index contributed by atoms with van der Waals surface area (Å²) in [5, 5.41) is 10.5. The maximum Gasteiger partial charge on any atom is 0.319 e. The number of aromatic nitrogens is 3. The first-order valence-electron chi connectivity index (χ1n) is 8.66. The zero-order valence-corrected chi connectivity index (χ0v) is 15.5. The molecule has 4 amide bonds. The van der Waals surface area contributed by atoms with E-state index in [-0.39, 0.29) is 29.7 Å². The van der Waals surface area contributed by atoms with Gasteiger partial charge in [0.05, 0.1) is 0 Å². The first-order chi connectivity index (χ1) is 13.8. The van der Waals surface area contributed by atoms with Gasteiger partial charge in [-0.25, -0.2) is 14.3 Å². The maximum atomic E-state index is 12.6. The van der Waals surface area contributed by atoms with Crippen molar-refractivity contribution in [2.24, 2.45) is 5.73 Å². The van der Waals surface area contributed by atoms with Crippen molar-refractivity contribution < 1.29 is 14.4 Å². The fraction of sp³-hybridized carbons (Fsp3) is 0.167. The van der Waals surface area contributed by atoms with E-state index in [1.165, 1.54) is 16.8 Å². The van der Waals surface area contributed by atoms with E-state index in [9.17, 15) is 19.2 Å². The van der Waals surface area contributed by atoms with Crippen molar-refractivity contribution in [2.75, 3.05) is 17.2 Å². The molecule has 0 aliphatic heterocycles. The van der Waals surface area contributed by atoms with Crippen LogP contribution in [0.2, 0.25) is 0 Å². The molecule has 0 saturated carbocycles. The van der Waals surface area contributed by atoms with Crippen LogP contribution in [0.1, 0.15) is 22.5 Å². The third-order valence-electron chi connectivity index (χ3n) is 3.91. The highest BCUT2D eigenvalue weighted by Gasteiger charge is 2.15. The quantitative estimate of drug-likeness (QED) is 0.410. The van der Waals surface area contributed by atoms with Crippen LogP contribution in [0.3, 0.4) is 0 Å². The van der Waals surface area contributed by atoms with E-state index in [4.69, 9.17) is 5.73 Å². The Morgan fingerprint density at radius 2 is 1.90 bits per heavy atom. The number of carbonyl (C=O) groups excluding carboxylic acids is 3. The van der Waals surface area contributed by atoms with Crippen molar-refractivity contribution in [3.05, 3.63) is 58.1 Å². The SMILES string of the molecule is Cc1cc(=O)n2[nH]cc(C(=O)Nc3cccc(NC(=O)NCCC(N)=O)c3)c2n1.